The molecule has 0 spiro atoms. The Balaban J connectivity index is 1.50. The highest BCUT2D eigenvalue weighted by atomic mass is 19.4. The number of halogens is 4. The molecule has 1 saturated carbocycles. The van der Waals surface area contributed by atoms with E-state index in [2.05, 4.69) is 15.0 Å². The van der Waals surface area contributed by atoms with E-state index in [1.54, 1.807) is 6.07 Å². The number of pyridine rings is 1. The van der Waals surface area contributed by atoms with Gasteiger partial charge in [0, 0.05) is 16.7 Å². The number of methoxy groups -OCH3 is 2. The number of carbonyl (C=O) groups is 2. The van der Waals surface area contributed by atoms with E-state index in [9.17, 15) is 32.3 Å². The molecule has 1 aliphatic heterocycles. The number of ether oxygens (including phenoxy) is 4. The molecule has 0 saturated heterocycles. The molecule has 2 aliphatic rings. The largest absolute Gasteiger partial charge is 0.493 e. The van der Waals surface area contributed by atoms with Gasteiger partial charge in [-0.3, -0.25) is 4.79 Å². The van der Waals surface area contributed by atoms with Gasteiger partial charge in [0.15, 0.2) is 17.2 Å². The van der Waals surface area contributed by atoms with Gasteiger partial charge in [0.25, 0.3) is 5.91 Å². The molecular weight excluding hydrogens is 590 g/mol. The molecule has 10 nitrogen and oxygen atoms in total. The summed E-state index contributed by atoms with van der Waals surface area (Å²) in [5.74, 6) is -0.721. The van der Waals surface area contributed by atoms with Crippen LogP contribution in [0.5, 0.6) is 17.2 Å². The smallest absolute Gasteiger partial charge is 0.419 e. The van der Waals surface area contributed by atoms with Crippen LogP contribution in [0.3, 0.4) is 0 Å². The molecule has 14 heteroatoms. The lowest BCUT2D eigenvalue weighted by molar-refractivity contribution is -0.200. The summed E-state index contributed by atoms with van der Waals surface area (Å²) in [7, 11) is 2.34. The Morgan fingerprint density at radius 1 is 1.09 bits per heavy atom. The van der Waals surface area contributed by atoms with Crippen LogP contribution < -0.4 is 24.8 Å². The Labute approximate surface area is 249 Å². The number of nitrogens with one attached hydrogen (secondary N) is 2. The normalized spacial score (nSPS) is 18.8. The summed E-state index contributed by atoms with van der Waals surface area (Å²) in [5.41, 5.74) is -5.72. The highest BCUT2D eigenvalue weighted by Crippen LogP contribution is 2.51. The molecule has 234 valence electrons. The number of fused-ring (bicyclic) bond motifs is 1. The first-order valence-electron chi connectivity index (χ1n) is 13.5. The quantitative estimate of drug-likeness (QED) is 0.297. The molecule has 1 fully saturated rings. The molecule has 2 aromatic carbocycles. The number of benzene rings is 2. The van der Waals surface area contributed by atoms with Gasteiger partial charge in [-0.2, -0.15) is 13.2 Å². The van der Waals surface area contributed by atoms with E-state index in [0.29, 0.717) is 11.5 Å². The van der Waals surface area contributed by atoms with E-state index in [1.165, 1.54) is 38.3 Å². The predicted octanol–water partition coefficient (Wildman–Crippen LogP) is 4.58. The van der Waals surface area contributed by atoms with Crippen molar-refractivity contribution >= 4 is 12.0 Å². The van der Waals surface area contributed by atoms with E-state index in [4.69, 9.17) is 14.2 Å². The molecule has 5 rings (SSSR count). The third-order valence-electron chi connectivity index (χ3n) is 7.36. The van der Waals surface area contributed by atoms with Crippen LogP contribution in [0.25, 0.3) is 11.3 Å². The van der Waals surface area contributed by atoms with Crippen LogP contribution in [-0.2, 0) is 15.9 Å². The SMILES string of the molecule is COC(=O)N[C@@]1(C(F)(F)F)COc2c1cc([C@@](C)(O)CNC(=O)c1ccc(OC3CC3)c(OC)c1)nc2-c1ccc(F)cc1. The molecular formula is C30H29F4N3O7. The topological polar surface area (TPSA) is 128 Å². The number of hydrogen-bond acceptors (Lipinski definition) is 8. The fourth-order valence-electron chi connectivity index (χ4n) is 4.68. The summed E-state index contributed by atoms with van der Waals surface area (Å²) in [5, 5.41) is 15.9. The highest BCUT2D eigenvalue weighted by molar-refractivity contribution is 5.95. The number of aromatic nitrogens is 1. The van der Waals surface area contributed by atoms with E-state index < -0.39 is 53.8 Å². The minimum atomic E-state index is -5.08. The summed E-state index contributed by atoms with van der Waals surface area (Å²) in [6.07, 6.45) is -4.50. The second-order valence-corrected chi connectivity index (χ2v) is 10.7. The zero-order valence-electron chi connectivity index (χ0n) is 23.9. The fraction of sp³-hybridized carbons (Fsp3) is 0.367. The van der Waals surface area contributed by atoms with Crippen LogP contribution in [-0.4, -0.2) is 61.7 Å². The standard InChI is InChI=1S/C30H29F4N3O7/c1-28(40,14-35-26(38)17-6-11-21(22(12-17)41-2)44-19-9-10-19)23-13-20-25(24(36-23)16-4-7-18(31)8-5-16)43-15-29(20,30(32,33)34)37-27(39)42-3/h4-8,11-13,19,40H,9-10,14-15H2,1-3H3,(H,35,38)(H,37,39)/t28-,29-/m0/s1. The number of nitrogens with zero attached hydrogens (tertiary/aromatic N) is 1. The molecule has 3 aromatic rings. The number of amides is 2. The zero-order valence-corrected chi connectivity index (χ0v) is 23.9. The van der Waals surface area contributed by atoms with Crippen LogP contribution in [0.1, 0.15) is 41.4 Å². The van der Waals surface area contributed by atoms with Crippen molar-refractivity contribution < 1.29 is 51.2 Å². The van der Waals surface area contributed by atoms with Crippen molar-refractivity contribution in [1.82, 2.24) is 15.6 Å². The Morgan fingerprint density at radius 3 is 2.41 bits per heavy atom. The lowest BCUT2D eigenvalue weighted by atomic mass is 9.87. The Morgan fingerprint density at radius 2 is 1.80 bits per heavy atom. The number of aliphatic hydroxyl groups is 1. The summed E-state index contributed by atoms with van der Waals surface area (Å²) in [6.45, 7) is -0.280. The minimum absolute atomic E-state index is 0.0996. The maximum Gasteiger partial charge on any atom is 0.419 e. The molecule has 3 N–H and O–H groups in total. The lowest BCUT2D eigenvalue weighted by Crippen LogP contribution is -2.57. The zero-order chi connectivity index (χ0) is 31.9. The number of alkyl carbamates (subject to hydrolysis) is 1. The Hall–Kier alpha value is -4.59. The summed E-state index contributed by atoms with van der Waals surface area (Å²) in [6, 6.07) is 10.3. The molecule has 44 heavy (non-hydrogen) atoms. The molecule has 2 amide bonds. The van der Waals surface area contributed by atoms with Gasteiger partial charge >= 0.3 is 12.3 Å². The van der Waals surface area contributed by atoms with Gasteiger partial charge in [0.2, 0.25) is 5.54 Å². The number of hydrogen-bond donors (Lipinski definition) is 3. The summed E-state index contributed by atoms with van der Waals surface area (Å²) < 4.78 is 78.7. The molecule has 0 unspecified atom stereocenters. The van der Waals surface area contributed by atoms with Crippen molar-refractivity contribution in [3.05, 3.63) is 71.2 Å². The molecule has 0 radical (unpaired) electrons. The third-order valence-corrected chi connectivity index (χ3v) is 7.36. The Kier molecular flexibility index (Phi) is 8.05. The average molecular weight is 620 g/mol. The van der Waals surface area contributed by atoms with E-state index in [0.717, 1.165) is 38.2 Å². The number of carbonyl (C=O) groups excluding carboxylic acids is 2. The maximum absolute atomic E-state index is 14.7. The van der Waals surface area contributed by atoms with Crippen LogP contribution in [0.4, 0.5) is 22.4 Å². The van der Waals surface area contributed by atoms with Crippen LogP contribution in [0.2, 0.25) is 0 Å². The van der Waals surface area contributed by atoms with Crippen molar-refractivity contribution in [1.29, 1.82) is 0 Å². The highest BCUT2D eigenvalue weighted by Gasteiger charge is 2.63. The van der Waals surface area contributed by atoms with Crippen molar-refractivity contribution in [2.45, 2.75) is 43.2 Å². The predicted molar refractivity (Wildman–Crippen MR) is 147 cm³/mol. The summed E-state index contributed by atoms with van der Waals surface area (Å²) >= 11 is 0. The first-order chi connectivity index (χ1) is 20.8. The van der Waals surface area contributed by atoms with E-state index >= 15 is 0 Å². The first-order valence-corrected chi connectivity index (χ1v) is 13.5. The van der Waals surface area contributed by atoms with Gasteiger partial charge in [0.1, 0.15) is 23.7 Å². The summed E-state index contributed by atoms with van der Waals surface area (Å²) in [4.78, 5) is 29.5. The first kappa shape index (κ1) is 30.9. The number of rotatable bonds is 9. The molecule has 0 bridgehead atoms. The average Bonchev–Trinajstić information content (AvgIpc) is 3.73. The Bertz CT molecular complexity index is 1580. The fourth-order valence-corrected chi connectivity index (χ4v) is 4.68. The van der Waals surface area contributed by atoms with E-state index in [-0.39, 0.29) is 34.4 Å². The van der Waals surface area contributed by atoms with Crippen molar-refractivity contribution in [3.8, 4) is 28.5 Å². The van der Waals surface area contributed by atoms with Crippen LogP contribution in [0.15, 0.2) is 48.5 Å². The molecule has 1 aliphatic carbocycles. The molecule has 2 heterocycles. The molecule has 2 atom stereocenters. The van der Waals surface area contributed by atoms with Gasteiger partial charge in [0.05, 0.1) is 32.6 Å². The third kappa shape index (κ3) is 5.94. The van der Waals surface area contributed by atoms with Crippen molar-refractivity contribution in [3.63, 3.8) is 0 Å². The monoisotopic (exact) mass is 619 g/mol. The maximum atomic E-state index is 14.7. The molecule has 1 aromatic heterocycles. The van der Waals surface area contributed by atoms with E-state index in [1.807, 2.05) is 5.32 Å². The second kappa shape index (κ2) is 11.5. The van der Waals surface area contributed by atoms with Gasteiger partial charge in [-0.15, -0.1) is 0 Å². The van der Waals surface area contributed by atoms with Crippen LogP contribution in [0, 0.1) is 5.82 Å². The van der Waals surface area contributed by atoms with Crippen LogP contribution >= 0.6 is 0 Å². The van der Waals surface area contributed by atoms with Crippen molar-refractivity contribution in [2.24, 2.45) is 0 Å². The van der Waals surface area contributed by atoms with Gasteiger partial charge < -0.3 is 34.7 Å². The van der Waals surface area contributed by atoms with Gasteiger partial charge in [-0.1, -0.05) is 0 Å². The minimum Gasteiger partial charge on any atom is -0.493 e. The number of alkyl halides is 3. The van der Waals surface area contributed by atoms with Crippen molar-refractivity contribution in [2.75, 3.05) is 27.4 Å². The van der Waals surface area contributed by atoms with Gasteiger partial charge in [-0.25, -0.2) is 14.2 Å². The van der Waals surface area contributed by atoms with Gasteiger partial charge in [-0.05, 0) is 68.3 Å². The lowest BCUT2D eigenvalue weighted by Gasteiger charge is -2.32. The second-order valence-electron chi connectivity index (χ2n) is 10.7.